The van der Waals surface area contributed by atoms with Crippen molar-refractivity contribution in [3.8, 4) is 0 Å². The summed E-state index contributed by atoms with van der Waals surface area (Å²) in [4.78, 5) is 20.9. The Morgan fingerprint density at radius 3 is 2.60 bits per heavy atom. The molecule has 0 radical (unpaired) electrons. The summed E-state index contributed by atoms with van der Waals surface area (Å²) in [5.41, 5.74) is 0. The molecule has 0 fully saturated rings. The first-order valence-electron chi connectivity index (χ1n) is 2.79. The molecular weight excluding hydrogens is 154 g/mol. The van der Waals surface area contributed by atoms with Gasteiger partial charge in [-0.2, -0.15) is 0 Å². The van der Waals surface area contributed by atoms with Gasteiger partial charge in [0.25, 0.3) is 0 Å². The minimum atomic E-state index is -0.533. The van der Waals surface area contributed by atoms with Crippen LogP contribution in [0.2, 0.25) is 0 Å². The van der Waals surface area contributed by atoms with Crippen molar-refractivity contribution in [2.24, 2.45) is 0 Å². The second-order valence-electron chi connectivity index (χ2n) is 1.52. The molecule has 0 unspecified atom stereocenters. The van der Waals surface area contributed by atoms with Crippen LogP contribution in [0.1, 0.15) is 13.3 Å². The largest absolute Gasteiger partial charge is 0.466 e. The fourth-order valence-electron chi connectivity index (χ4n) is 0.383. The molecule has 0 saturated carbocycles. The quantitative estimate of drug-likeness (QED) is 0.347. The highest BCUT2D eigenvalue weighted by Crippen LogP contribution is 1.85. The zero-order valence-electron chi connectivity index (χ0n) is 5.59. The van der Waals surface area contributed by atoms with Crippen molar-refractivity contribution >= 4 is 24.7 Å². The Bertz CT molecular complexity index is 137. The molecule has 10 heavy (non-hydrogen) atoms. The molecule has 0 aliphatic carbocycles. The lowest BCUT2D eigenvalue weighted by atomic mass is 10.4. The van der Waals surface area contributed by atoms with Crippen LogP contribution in [0.15, 0.2) is 0 Å². The normalized spacial score (nSPS) is 8.60. The minimum Gasteiger partial charge on any atom is -0.466 e. The lowest BCUT2D eigenvalue weighted by molar-refractivity contribution is -0.145. The number of esters is 1. The van der Waals surface area contributed by atoms with Crippen LogP contribution in [0, 0.1) is 0 Å². The molecule has 0 aliphatic heterocycles. The zero-order chi connectivity index (χ0) is 7.98. The number of carbonyl (C=O) groups excluding carboxylic acids is 2. The van der Waals surface area contributed by atoms with E-state index in [2.05, 4.69) is 17.6 Å². The van der Waals surface area contributed by atoms with Crippen LogP contribution in [-0.2, 0) is 14.3 Å². The van der Waals surface area contributed by atoms with Crippen molar-refractivity contribution in [1.82, 2.24) is 4.72 Å². The van der Waals surface area contributed by atoms with Gasteiger partial charge in [-0.25, -0.2) is 0 Å². The molecule has 0 aromatic heterocycles. The predicted molar refractivity (Wildman–Crippen MR) is 38.4 cm³/mol. The number of thiol groups is 1. The molecule has 0 heterocycles. The lowest BCUT2D eigenvalue weighted by Gasteiger charge is -1.98. The first kappa shape index (κ1) is 9.29. The van der Waals surface area contributed by atoms with Crippen molar-refractivity contribution in [3.05, 3.63) is 0 Å². The van der Waals surface area contributed by atoms with Gasteiger partial charge in [-0.15, -0.1) is 0 Å². The highest BCUT2D eigenvalue weighted by atomic mass is 32.1. The third-order valence-corrected chi connectivity index (χ3v) is 0.984. The van der Waals surface area contributed by atoms with Gasteiger partial charge < -0.3 is 9.46 Å². The number of carbonyl (C=O) groups is 2. The SMILES string of the molecule is CCOC(=O)CC(=O)NS. The maximum atomic E-state index is 10.5. The molecule has 1 N–H and O–H groups in total. The number of ether oxygens (including phenoxy) is 1. The Labute approximate surface area is 64.5 Å². The number of hydrogen-bond acceptors (Lipinski definition) is 4. The van der Waals surface area contributed by atoms with Crippen molar-refractivity contribution < 1.29 is 14.3 Å². The molecule has 0 aromatic carbocycles. The third kappa shape index (κ3) is 4.20. The van der Waals surface area contributed by atoms with E-state index in [1.807, 2.05) is 4.72 Å². The standard InChI is InChI=1S/C5H9NO3S/c1-2-9-5(8)3-4(7)6-10/h10H,2-3H2,1H3,(H,6,7). The van der Waals surface area contributed by atoms with Crippen molar-refractivity contribution in [2.75, 3.05) is 6.61 Å². The Hall–Kier alpha value is -0.710. The maximum absolute atomic E-state index is 10.5. The second-order valence-corrected chi connectivity index (χ2v) is 1.74. The fourth-order valence-corrected chi connectivity index (χ4v) is 0.462. The highest BCUT2D eigenvalue weighted by molar-refractivity contribution is 7.78. The van der Waals surface area contributed by atoms with E-state index in [4.69, 9.17) is 0 Å². The molecule has 0 spiro atoms. The van der Waals surface area contributed by atoms with Gasteiger partial charge in [0.15, 0.2) is 0 Å². The summed E-state index contributed by atoms with van der Waals surface area (Å²) in [6.45, 7) is 1.97. The van der Waals surface area contributed by atoms with Gasteiger partial charge >= 0.3 is 5.97 Å². The topological polar surface area (TPSA) is 55.4 Å². The van der Waals surface area contributed by atoms with Gasteiger partial charge in [-0.1, -0.05) is 12.8 Å². The van der Waals surface area contributed by atoms with Gasteiger partial charge in [0.05, 0.1) is 6.61 Å². The monoisotopic (exact) mass is 163 g/mol. The number of amides is 1. The molecule has 0 aromatic rings. The molecule has 0 atom stereocenters. The Morgan fingerprint density at radius 2 is 2.20 bits per heavy atom. The molecule has 0 bridgehead atoms. The van der Waals surface area contributed by atoms with E-state index >= 15 is 0 Å². The highest BCUT2D eigenvalue weighted by Gasteiger charge is 2.07. The average Bonchev–Trinajstić information content (AvgIpc) is 1.88. The number of hydrogen-bond donors (Lipinski definition) is 2. The summed E-state index contributed by atoms with van der Waals surface area (Å²) < 4.78 is 6.49. The summed E-state index contributed by atoms with van der Waals surface area (Å²) in [7, 11) is 0. The second kappa shape index (κ2) is 5.10. The van der Waals surface area contributed by atoms with Gasteiger partial charge in [0.2, 0.25) is 5.91 Å². The fraction of sp³-hybridized carbons (Fsp3) is 0.600. The van der Waals surface area contributed by atoms with E-state index in [0.29, 0.717) is 6.61 Å². The molecule has 0 saturated heterocycles. The summed E-state index contributed by atoms with van der Waals surface area (Å²) in [6.07, 6.45) is -0.267. The predicted octanol–water partition coefficient (Wildman–Crippen LogP) is -0.0994. The summed E-state index contributed by atoms with van der Waals surface area (Å²) >= 11 is 3.45. The van der Waals surface area contributed by atoms with Crippen LogP contribution in [0.4, 0.5) is 0 Å². The molecule has 1 amide bonds. The van der Waals surface area contributed by atoms with E-state index in [9.17, 15) is 9.59 Å². The van der Waals surface area contributed by atoms with Gasteiger partial charge in [0, 0.05) is 0 Å². The molecule has 4 nitrogen and oxygen atoms in total. The molecule has 5 heteroatoms. The maximum Gasteiger partial charge on any atom is 0.315 e. The van der Waals surface area contributed by atoms with Crippen LogP contribution in [0.25, 0.3) is 0 Å². The van der Waals surface area contributed by atoms with E-state index < -0.39 is 11.9 Å². The number of nitrogens with one attached hydrogen (secondary N) is 1. The first-order chi connectivity index (χ1) is 4.70. The van der Waals surface area contributed by atoms with Crippen LogP contribution < -0.4 is 4.72 Å². The minimum absolute atomic E-state index is 0.267. The van der Waals surface area contributed by atoms with E-state index in [1.54, 1.807) is 6.92 Å². The Balaban J connectivity index is 3.47. The summed E-state index contributed by atoms with van der Waals surface area (Å²) in [5.74, 6) is -0.990. The first-order valence-corrected chi connectivity index (χ1v) is 3.24. The van der Waals surface area contributed by atoms with E-state index in [0.717, 1.165) is 0 Å². The van der Waals surface area contributed by atoms with Crippen molar-refractivity contribution in [3.63, 3.8) is 0 Å². The van der Waals surface area contributed by atoms with Crippen LogP contribution in [0.3, 0.4) is 0 Å². The van der Waals surface area contributed by atoms with E-state index in [1.165, 1.54) is 0 Å². The van der Waals surface area contributed by atoms with Crippen molar-refractivity contribution in [2.45, 2.75) is 13.3 Å². The Morgan fingerprint density at radius 1 is 1.60 bits per heavy atom. The smallest absolute Gasteiger partial charge is 0.315 e. The average molecular weight is 163 g/mol. The van der Waals surface area contributed by atoms with Crippen LogP contribution >= 0.6 is 12.8 Å². The van der Waals surface area contributed by atoms with E-state index in [-0.39, 0.29) is 6.42 Å². The third-order valence-electron chi connectivity index (χ3n) is 0.735. The molecular formula is C5H9NO3S. The molecule has 58 valence electrons. The summed E-state index contributed by atoms with van der Waals surface area (Å²) in [5, 5.41) is 0. The van der Waals surface area contributed by atoms with Crippen LogP contribution in [0.5, 0.6) is 0 Å². The zero-order valence-corrected chi connectivity index (χ0v) is 6.48. The molecule has 0 aliphatic rings. The van der Waals surface area contributed by atoms with Crippen molar-refractivity contribution in [1.29, 1.82) is 0 Å². The number of rotatable bonds is 3. The van der Waals surface area contributed by atoms with Gasteiger partial charge in [-0.05, 0) is 6.92 Å². The molecule has 0 rings (SSSR count). The summed E-state index contributed by atoms with van der Waals surface area (Å²) in [6, 6.07) is 0. The van der Waals surface area contributed by atoms with Gasteiger partial charge in [-0.3, -0.25) is 9.59 Å². The lowest BCUT2D eigenvalue weighted by Crippen LogP contribution is -2.18. The Kier molecular flexibility index (Phi) is 4.74. The van der Waals surface area contributed by atoms with Gasteiger partial charge in [0.1, 0.15) is 6.42 Å². The van der Waals surface area contributed by atoms with Crippen LogP contribution in [-0.4, -0.2) is 18.5 Å².